The van der Waals surface area contributed by atoms with Gasteiger partial charge in [-0.1, -0.05) is 17.1 Å². The minimum atomic E-state index is -3.56. The van der Waals surface area contributed by atoms with Crippen molar-refractivity contribution in [3.63, 3.8) is 0 Å². The van der Waals surface area contributed by atoms with E-state index in [0.29, 0.717) is 10.7 Å². The van der Waals surface area contributed by atoms with Crippen molar-refractivity contribution < 1.29 is 23.0 Å². The number of thiazole rings is 1. The summed E-state index contributed by atoms with van der Waals surface area (Å²) in [7, 11) is -2.16. The predicted molar refractivity (Wildman–Crippen MR) is 86.8 cm³/mol. The maximum Gasteiger partial charge on any atom is 0.399 e. The van der Waals surface area contributed by atoms with E-state index in [1.165, 1.54) is 23.4 Å². The standard InChI is InChI=1S/C14H12N4O4S2/c1-8-7-15-14(23-8)18-13(19)11-12(22-16-18)9-5-3-4-6-10(9)24(20,21)17(11)2/h3-7,16H,1-2H3/p+2. The van der Waals surface area contributed by atoms with E-state index in [4.69, 9.17) is 4.84 Å². The summed E-state index contributed by atoms with van der Waals surface area (Å²) in [6, 6.07) is 6.59. The number of benzene rings is 1. The van der Waals surface area contributed by atoms with Gasteiger partial charge in [0.1, 0.15) is 6.20 Å². The van der Waals surface area contributed by atoms with E-state index >= 15 is 0 Å². The second kappa shape index (κ2) is 5.03. The van der Waals surface area contributed by atoms with Gasteiger partial charge in [0, 0.05) is 23.1 Å². The van der Waals surface area contributed by atoms with Gasteiger partial charge in [-0.05, 0) is 30.4 Å². The number of fused-ring (bicyclic) bond motifs is 2. The van der Waals surface area contributed by atoms with Crippen molar-refractivity contribution in [1.29, 1.82) is 0 Å². The Morgan fingerprint density at radius 1 is 1.38 bits per heavy atom. The van der Waals surface area contributed by atoms with Gasteiger partial charge in [-0.15, -0.1) is 0 Å². The van der Waals surface area contributed by atoms with Gasteiger partial charge < -0.3 is 4.84 Å². The number of carbonyl (C=O) groups excluding carboxylic acids is 1. The number of likely N-dealkylation sites (N-methyl/N-ethyl adjacent to an activating group) is 1. The molecule has 2 aliphatic heterocycles. The van der Waals surface area contributed by atoms with Crippen LogP contribution in [-0.4, -0.2) is 25.7 Å². The molecule has 0 spiro atoms. The van der Waals surface area contributed by atoms with Crippen molar-refractivity contribution in [2.24, 2.45) is 0 Å². The average molecular weight is 366 g/mol. The number of aryl methyl sites for hydroxylation is 1. The van der Waals surface area contributed by atoms with Crippen LogP contribution in [0.3, 0.4) is 0 Å². The molecule has 1 unspecified atom stereocenters. The van der Waals surface area contributed by atoms with Gasteiger partial charge in [0.25, 0.3) is 0 Å². The molecule has 0 saturated carbocycles. The summed E-state index contributed by atoms with van der Waals surface area (Å²) in [6.45, 7) is 1.90. The minimum absolute atomic E-state index is 0.0272. The van der Waals surface area contributed by atoms with Gasteiger partial charge in [0.2, 0.25) is 0 Å². The van der Waals surface area contributed by atoms with Crippen molar-refractivity contribution >= 4 is 38.2 Å². The Morgan fingerprint density at radius 3 is 2.83 bits per heavy atom. The topological polar surface area (TPSA) is 97.4 Å². The maximum atomic E-state index is 12.9. The third kappa shape index (κ3) is 1.97. The molecule has 0 saturated heterocycles. The molecule has 4 rings (SSSR count). The first-order chi connectivity index (χ1) is 11.4. The number of hydrogen-bond donors (Lipinski definition) is 1. The fraction of sp³-hybridized carbons (Fsp3) is 0.143. The van der Waals surface area contributed by atoms with Gasteiger partial charge in [0.15, 0.2) is 16.4 Å². The predicted octanol–water partition coefficient (Wildman–Crippen LogP) is 0.813. The zero-order chi connectivity index (χ0) is 17.1. The van der Waals surface area contributed by atoms with Crippen LogP contribution in [0.4, 0.5) is 5.13 Å². The van der Waals surface area contributed by atoms with Crippen LogP contribution in [0, 0.1) is 6.92 Å². The number of hydrazine groups is 1. The summed E-state index contributed by atoms with van der Waals surface area (Å²) in [5.74, 6) is -0.246. The molecular formula is C14H14N4O4S2+2. The molecule has 0 fully saturated rings. The number of rotatable bonds is 1. The number of hydrogen-bond acceptors (Lipinski definition) is 5. The number of H-pyrrole nitrogens is 1. The molecule has 0 radical (unpaired) electrons. The van der Waals surface area contributed by atoms with Gasteiger partial charge in [-0.3, -0.25) is 0 Å². The largest absolute Gasteiger partial charge is 0.399 e. The molecular weight excluding hydrogens is 352 g/mol. The monoisotopic (exact) mass is 366 g/mol. The Balaban J connectivity index is 1.89. The van der Waals surface area contributed by atoms with E-state index in [9.17, 15) is 13.2 Å². The molecule has 2 aliphatic rings. The molecule has 2 aromatic rings. The summed E-state index contributed by atoms with van der Waals surface area (Å²) in [5.41, 5.74) is 3.04. The maximum absolute atomic E-state index is 12.9. The fourth-order valence-corrected chi connectivity index (χ4v) is 4.78. The van der Waals surface area contributed by atoms with Crippen molar-refractivity contribution in [3.05, 3.63) is 46.6 Å². The van der Waals surface area contributed by atoms with Gasteiger partial charge in [-0.25, -0.2) is 18.3 Å². The highest BCUT2D eigenvalue weighted by molar-refractivity contribution is 7.89. The minimum Gasteiger partial charge on any atom is -0.368 e. The Morgan fingerprint density at radius 2 is 2.12 bits per heavy atom. The van der Waals surface area contributed by atoms with Crippen LogP contribution in [0.2, 0.25) is 0 Å². The van der Waals surface area contributed by atoms with E-state index in [1.54, 1.807) is 30.5 Å². The quantitative estimate of drug-likeness (QED) is 0.756. The SMILES string of the molecule is Cc1c[nH+]c(N2NOC3=C(C2=O)N(C)S(=O)(=[OH+])c2ccccc23)s1. The van der Waals surface area contributed by atoms with Crippen LogP contribution >= 0.6 is 11.3 Å². The molecule has 3 heterocycles. The van der Waals surface area contributed by atoms with Gasteiger partial charge in [-0.2, -0.15) is 4.21 Å². The highest BCUT2D eigenvalue weighted by Gasteiger charge is 2.49. The van der Waals surface area contributed by atoms with E-state index in [0.717, 1.165) is 9.18 Å². The zero-order valence-electron chi connectivity index (χ0n) is 12.8. The number of anilines is 1. The Labute approximate surface area is 142 Å². The lowest BCUT2D eigenvalue weighted by atomic mass is 10.1. The third-order valence-electron chi connectivity index (χ3n) is 3.82. The Kier molecular flexibility index (Phi) is 3.17. The Hall–Kier alpha value is -2.43. The number of aromatic amines is 1. The van der Waals surface area contributed by atoms with E-state index in [-0.39, 0.29) is 16.4 Å². The molecule has 0 aliphatic carbocycles. The lowest BCUT2D eigenvalue weighted by Gasteiger charge is -2.30. The summed E-state index contributed by atoms with van der Waals surface area (Å²) in [4.78, 5) is 22.6. The summed E-state index contributed by atoms with van der Waals surface area (Å²) in [6.07, 6.45) is 1.76. The molecule has 1 aromatic heterocycles. The van der Waals surface area contributed by atoms with E-state index < -0.39 is 15.9 Å². The van der Waals surface area contributed by atoms with Crippen molar-refractivity contribution in [1.82, 2.24) is 9.89 Å². The molecule has 1 atom stereocenters. The molecule has 24 heavy (non-hydrogen) atoms. The third-order valence-corrected chi connectivity index (χ3v) is 6.61. The highest BCUT2D eigenvalue weighted by atomic mass is 32.2. The van der Waals surface area contributed by atoms with Gasteiger partial charge in [0.05, 0.1) is 0 Å². The van der Waals surface area contributed by atoms with E-state index in [1.807, 2.05) is 6.92 Å². The molecule has 1 aromatic carbocycles. The lowest BCUT2D eigenvalue weighted by Crippen LogP contribution is -2.53. The normalized spacial score (nSPS) is 23.0. The fourth-order valence-electron chi connectivity index (χ4n) is 2.62. The number of carbonyl (C=O) groups is 1. The van der Waals surface area contributed by atoms with Crippen LogP contribution in [0.1, 0.15) is 10.4 Å². The van der Waals surface area contributed by atoms with Crippen LogP contribution in [-0.2, 0) is 19.7 Å². The average Bonchev–Trinajstić information content (AvgIpc) is 2.99. The summed E-state index contributed by atoms with van der Waals surface area (Å²) < 4.78 is 24.4. The first kappa shape index (κ1) is 15.1. The molecule has 124 valence electrons. The number of aromatic nitrogens is 1. The van der Waals surface area contributed by atoms with Crippen molar-refractivity contribution in [3.8, 4) is 0 Å². The van der Waals surface area contributed by atoms with E-state index in [2.05, 4.69) is 10.6 Å². The number of nitrogens with zero attached hydrogens (tertiary/aromatic N) is 2. The number of amides is 1. The van der Waals surface area contributed by atoms with Crippen LogP contribution in [0.25, 0.3) is 5.76 Å². The van der Waals surface area contributed by atoms with Crippen molar-refractivity contribution in [2.45, 2.75) is 11.8 Å². The highest BCUT2D eigenvalue weighted by Crippen LogP contribution is 2.38. The molecule has 0 bridgehead atoms. The second-order valence-electron chi connectivity index (χ2n) is 5.31. The van der Waals surface area contributed by atoms with Gasteiger partial charge >= 0.3 is 21.1 Å². The van der Waals surface area contributed by atoms with Crippen LogP contribution < -0.4 is 15.6 Å². The smallest absolute Gasteiger partial charge is 0.368 e. The second-order valence-corrected chi connectivity index (χ2v) is 8.52. The molecule has 1 amide bonds. The lowest BCUT2D eigenvalue weighted by molar-refractivity contribution is -0.358. The van der Waals surface area contributed by atoms with Crippen LogP contribution in [0.5, 0.6) is 0 Å². The first-order valence-electron chi connectivity index (χ1n) is 7.00. The van der Waals surface area contributed by atoms with Crippen molar-refractivity contribution in [2.75, 3.05) is 12.1 Å². The zero-order valence-corrected chi connectivity index (χ0v) is 14.4. The summed E-state index contributed by atoms with van der Waals surface area (Å²) in [5, 5.41) is 1.69. The summed E-state index contributed by atoms with van der Waals surface area (Å²) >= 11 is 1.36. The molecule has 3 N–H and O–H groups in total. The Bertz CT molecular complexity index is 996. The molecule has 8 nitrogen and oxygen atoms in total. The number of nitrogens with one attached hydrogen (secondary N) is 2. The molecule has 10 heteroatoms. The van der Waals surface area contributed by atoms with Crippen LogP contribution in [0.15, 0.2) is 41.1 Å². The first-order valence-corrected chi connectivity index (χ1v) is 9.29.